The van der Waals surface area contributed by atoms with E-state index in [1.165, 1.54) is 5.56 Å². The molecule has 5 nitrogen and oxygen atoms in total. The Morgan fingerprint density at radius 3 is 2.34 bits per heavy atom. The molecule has 0 aliphatic heterocycles. The summed E-state index contributed by atoms with van der Waals surface area (Å²) in [6.07, 6.45) is 3.38. The lowest BCUT2D eigenvalue weighted by Crippen LogP contribution is -2.12. The van der Waals surface area contributed by atoms with Crippen LogP contribution in [0.4, 0.5) is 17.1 Å². The van der Waals surface area contributed by atoms with E-state index in [1.807, 2.05) is 56.3 Å². The zero-order valence-corrected chi connectivity index (χ0v) is 17.3. The van der Waals surface area contributed by atoms with Crippen molar-refractivity contribution in [1.82, 2.24) is 4.98 Å². The summed E-state index contributed by atoms with van der Waals surface area (Å²) in [6, 6.07) is 17.3. The molecule has 0 spiro atoms. The molecule has 2 aromatic carbocycles. The van der Waals surface area contributed by atoms with E-state index in [2.05, 4.69) is 35.5 Å². The van der Waals surface area contributed by atoms with Gasteiger partial charge in [0.05, 0.1) is 23.6 Å². The maximum absolute atomic E-state index is 12.6. The highest BCUT2D eigenvalue weighted by molar-refractivity contribution is 6.04. The van der Waals surface area contributed by atoms with Gasteiger partial charge < -0.3 is 15.4 Å². The summed E-state index contributed by atoms with van der Waals surface area (Å²) in [5.74, 6) is 0.950. The van der Waals surface area contributed by atoms with E-state index in [9.17, 15) is 4.79 Å². The molecule has 2 N–H and O–H groups in total. The number of nitrogens with zero attached hydrogens (tertiary/aromatic N) is 1. The molecule has 1 heterocycles. The van der Waals surface area contributed by atoms with E-state index >= 15 is 0 Å². The molecule has 0 radical (unpaired) electrons. The average molecular weight is 389 g/mol. The Kier molecular flexibility index (Phi) is 6.50. The molecule has 5 heteroatoms. The van der Waals surface area contributed by atoms with Gasteiger partial charge in [0.1, 0.15) is 5.75 Å². The number of pyridine rings is 1. The van der Waals surface area contributed by atoms with Crippen LogP contribution in [0, 0.1) is 0 Å². The molecule has 0 fully saturated rings. The molecule has 0 aliphatic rings. The number of carbonyl (C=O) groups excluding carboxylic acids is 1. The maximum Gasteiger partial charge on any atom is 0.257 e. The number of nitrogens with one attached hydrogen (secondary N) is 2. The first-order valence-corrected chi connectivity index (χ1v) is 9.81. The van der Waals surface area contributed by atoms with Gasteiger partial charge in [-0.3, -0.25) is 9.78 Å². The molecule has 29 heavy (non-hydrogen) atoms. The molecular weight excluding hydrogens is 362 g/mol. The van der Waals surface area contributed by atoms with Crippen molar-refractivity contribution in [1.29, 1.82) is 0 Å². The van der Waals surface area contributed by atoms with Crippen molar-refractivity contribution in [3.8, 4) is 5.75 Å². The molecule has 0 saturated heterocycles. The number of hydrogen-bond acceptors (Lipinski definition) is 4. The summed E-state index contributed by atoms with van der Waals surface area (Å²) < 4.78 is 5.63. The molecule has 150 valence electrons. The minimum atomic E-state index is -0.212. The van der Waals surface area contributed by atoms with Crippen molar-refractivity contribution in [3.05, 3.63) is 78.1 Å². The Hall–Kier alpha value is -3.34. The Morgan fingerprint density at radius 2 is 1.66 bits per heavy atom. The first-order valence-electron chi connectivity index (χ1n) is 9.81. The summed E-state index contributed by atoms with van der Waals surface area (Å²) in [5.41, 5.74) is 4.19. The molecular formula is C24H27N3O2. The van der Waals surface area contributed by atoms with Crippen LogP contribution in [0.25, 0.3) is 0 Å². The van der Waals surface area contributed by atoms with E-state index in [0.29, 0.717) is 17.2 Å². The lowest BCUT2D eigenvalue weighted by atomic mass is 10.0. The number of ether oxygens (including phenoxy) is 1. The SMILES string of the molecule is CC(C)Oc1ccc(NC(=O)c2cncc(Nc3ccccc3C(C)C)c2)cc1. The van der Waals surface area contributed by atoms with E-state index in [-0.39, 0.29) is 12.0 Å². The van der Waals surface area contributed by atoms with Gasteiger partial charge in [-0.1, -0.05) is 32.0 Å². The highest BCUT2D eigenvalue weighted by atomic mass is 16.5. The number of para-hydroxylation sites is 1. The van der Waals surface area contributed by atoms with Crippen molar-refractivity contribution >= 4 is 23.0 Å². The summed E-state index contributed by atoms with van der Waals surface area (Å²) >= 11 is 0. The predicted octanol–water partition coefficient (Wildman–Crippen LogP) is 5.99. The largest absolute Gasteiger partial charge is 0.491 e. The fraction of sp³-hybridized carbons (Fsp3) is 0.250. The van der Waals surface area contributed by atoms with Crippen LogP contribution in [-0.4, -0.2) is 17.0 Å². The van der Waals surface area contributed by atoms with Crippen LogP contribution >= 0.6 is 0 Å². The summed E-state index contributed by atoms with van der Waals surface area (Å²) in [7, 11) is 0. The number of hydrogen-bond donors (Lipinski definition) is 2. The van der Waals surface area contributed by atoms with Crippen LogP contribution in [-0.2, 0) is 0 Å². The minimum absolute atomic E-state index is 0.109. The van der Waals surface area contributed by atoms with E-state index < -0.39 is 0 Å². The topological polar surface area (TPSA) is 63.2 Å². The van der Waals surface area contributed by atoms with Gasteiger partial charge in [-0.2, -0.15) is 0 Å². The minimum Gasteiger partial charge on any atom is -0.491 e. The predicted molar refractivity (Wildman–Crippen MR) is 118 cm³/mol. The van der Waals surface area contributed by atoms with Crippen molar-refractivity contribution in [2.75, 3.05) is 10.6 Å². The van der Waals surface area contributed by atoms with Crippen molar-refractivity contribution in [2.24, 2.45) is 0 Å². The first-order chi connectivity index (χ1) is 13.9. The van der Waals surface area contributed by atoms with Crippen LogP contribution in [0.3, 0.4) is 0 Å². The van der Waals surface area contributed by atoms with Gasteiger partial charge in [-0.25, -0.2) is 0 Å². The van der Waals surface area contributed by atoms with Crippen LogP contribution in [0.1, 0.15) is 49.5 Å². The number of carbonyl (C=O) groups is 1. The van der Waals surface area contributed by atoms with Gasteiger partial charge in [0.15, 0.2) is 0 Å². The molecule has 1 amide bonds. The fourth-order valence-electron chi connectivity index (χ4n) is 2.99. The second kappa shape index (κ2) is 9.24. The maximum atomic E-state index is 12.6. The molecule has 0 saturated carbocycles. The van der Waals surface area contributed by atoms with Gasteiger partial charge in [0.2, 0.25) is 0 Å². The van der Waals surface area contributed by atoms with Crippen molar-refractivity contribution in [3.63, 3.8) is 0 Å². The number of amides is 1. The normalized spacial score (nSPS) is 10.8. The number of anilines is 3. The van der Waals surface area contributed by atoms with E-state index in [0.717, 1.165) is 17.1 Å². The van der Waals surface area contributed by atoms with E-state index in [4.69, 9.17) is 4.74 Å². The van der Waals surface area contributed by atoms with Crippen LogP contribution in [0.5, 0.6) is 5.75 Å². The third kappa shape index (κ3) is 5.57. The summed E-state index contributed by atoms with van der Waals surface area (Å²) in [5, 5.41) is 6.28. The van der Waals surface area contributed by atoms with Crippen molar-refractivity contribution in [2.45, 2.75) is 39.7 Å². The second-order valence-corrected chi connectivity index (χ2v) is 7.47. The molecule has 3 rings (SSSR count). The first kappa shape index (κ1) is 20.4. The number of benzene rings is 2. The van der Waals surface area contributed by atoms with E-state index in [1.54, 1.807) is 18.5 Å². The van der Waals surface area contributed by atoms with Crippen molar-refractivity contribution < 1.29 is 9.53 Å². The van der Waals surface area contributed by atoms with Gasteiger partial charge in [-0.05, 0) is 61.7 Å². The smallest absolute Gasteiger partial charge is 0.257 e. The highest BCUT2D eigenvalue weighted by Crippen LogP contribution is 2.27. The summed E-state index contributed by atoms with van der Waals surface area (Å²) in [6.45, 7) is 8.26. The zero-order chi connectivity index (χ0) is 20.8. The van der Waals surface area contributed by atoms with Gasteiger partial charge in [0, 0.05) is 17.6 Å². The number of rotatable bonds is 7. The number of aromatic nitrogens is 1. The summed E-state index contributed by atoms with van der Waals surface area (Å²) in [4.78, 5) is 16.9. The fourth-order valence-corrected chi connectivity index (χ4v) is 2.99. The molecule has 1 aromatic heterocycles. The molecule has 0 bridgehead atoms. The highest BCUT2D eigenvalue weighted by Gasteiger charge is 2.10. The third-order valence-corrected chi connectivity index (χ3v) is 4.35. The van der Waals surface area contributed by atoms with Gasteiger partial charge >= 0.3 is 0 Å². The Labute approximate surface area is 172 Å². The second-order valence-electron chi connectivity index (χ2n) is 7.47. The molecule has 0 atom stereocenters. The Balaban J connectivity index is 1.71. The zero-order valence-electron chi connectivity index (χ0n) is 17.3. The third-order valence-electron chi connectivity index (χ3n) is 4.35. The average Bonchev–Trinajstić information content (AvgIpc) is 2.69. The Bertz CT molecular complexity index is 966. The lowest BCUT2D eigenvalue weighted by Gasteiger charge is -2.15. The van der Waals surface area contributed by atoms with Crippen LogP contribution < -0.4 is 15.4 Å². The van der Waals surface area contributed by atoms with Gasteiger partial charge in [-0.15, -0.1) is 0 Å². The monoisotopic (exact) mass is 389 g/mol. The molecule has 0 unspecified atom stereocenters. The Morgan fingerprint density at radius 1 is 0.931 bits per heavy atom. The lowest BCUT2D eigenvalue weighted by molar-refractivity contribution is 0.102. The quantitative estimate of drug-likeness (QED) is 0.521. The molecule has 0 aliphatic carbocycles. The standard InChI is InChI=1S/C24H27N3O2/c1-16(2)22-7-5-6-8-23(22)26-20-13-18(14-25-15-20)24(28)27-19-9-11-21(12-10-19)29-17(3)4/h5-17,26H,1-4H3,(H,27,28). The molecule has 3 aromatic rings. The van der Waals surface area contributed by atoms with Crippen LogP contribution in [0.2, 0.25) is 0 Å². The van der Waals surface area contributed by atoms with Crippen LogP contribution in [0.15, 0.2) is 67.0 Å². The van der Waals surface area contributed by atoms with Gasteiger partial charge in [0.25, 0.3) is 5.91 Å².